The van der Waals surface area contributed by atoms with Crippen LogP contribution in [0.4, 0.5) is 5.69 Å². The number of aromatic nitrogens is 2. The molecule has 0 aliphatic carbocycles. The Morgan fingerprint density at radius 2 is 2.19 bits per heavy atom. The lowest BCUT2D eigenvalue weighted by atomic mass is 10.2. The van der Waals surface area contributed by atoms with Crippen molar-refractivity contribution >= 4 is 11.6 Å². The molecule has 0 bridgehead atoms. The molecular weight excluding hydrogens is 266 g/mol. The largest absolute Gasteiger partial charge is 0.495 e. The van der Waals surface area contributed by atoms with Crippen LogP contribution in [0.1, 0.15) is 18.2 Å². The van der Waals surface area contributed by atoms with E-state index in [0.717, 1.165) is 29.1 Å². The van der Waals surface area contributed by atoms with Crippen LogP contribution in [-0.4, -0.2) is 22.8 Å². The highest BCUT2D eigenvalue weighted by molar-refractivity contribution is 5.93. The van der Waals surface area contributed by atoms with E-state index in [1.807, 2.05) is 37.5 Å². The maximum atomic E-state index is 5.93. The molecule has 6 nitrogen and oxygen atoms in total. The summed E-state index contributed by atoms with van der Waals surface area (Å²) in [5.74, 6) is 1.08. The van der Waals surface area contributed by atoms with Crippen molar-refractivity contribution in [3.05, 3.63) is 41.7 Å². The molecule has 0 aliphatic heterocycles. The molecule has 6 heteroatoms. The Morgan fingerprint density at radius 1 is 1.43 bits per heavy atom. The normalized spacial score (nSPS) is 11.5. The van der Waals surface area contributed by atoms with Crippen molar-refractivity contribution in [2.24, 2.45) is 17.8 Å². The van der Waals surface area contributed by atoms with Gasteiger partial charge in [0.15, 0.2) is 5.96 Å². The molecule has 0 fully saturated rings. The lowest BCUT2D eigenvalue weighted by Crippen LogP contribution is -2.23. The molecule has 2 aromatic rings. The third-order valence-corrected chi connectivity index (χ3v) is 3.12. The van der Waals surface area contributed by atoms with Gasteiger partial charge in [-0.15, -0.1) is 0 Å². The number of nitrogens with zero attached hydrogens (tertiary/aromatic N) is 3. The molecule has 21 heavy (non-hydrogen) atoms. The number of hydrogen-bond donors (Lipinski definition) is 2. The van der Waals surface area contributed by atoms with Crippen molar-refractivity contribution in [1.82, 2.24) is 9.78 Å². The van der Waals surface area contributed by atoms with Gasteiger partial charge >= 0.3 is 0 Å². The van der Waals surface area contributed by atoms with Crippen LogP contribution in [0.15, 0.2) is 35.5 Å². The predicted molar refractivity (Wildman–Crippen MR) is 84.5 cm³/mol. The molecule has 112 valence electrons. The average Bonchev–Trinajstić information content (AvgIpc) is 2.86. The average molecular weight is 287 g/mol. The van der Waals surface area contributed by atoms with Crippen molar-refractivity contribution < 1.29 is 4.74 Å². The molecule has 0 aliphatic rings. The second kappa shape index (κ2) is 6.78. The Morgan fingerprint density at radius 3 is 2.90 bits per heavy atom. The molecular formula is C15H21N5O. The molecule has 3 N–H and O–H groups in total. The number of para-hydroxylation sites is 2. The Bertz CT molecular complexity index is 633. The first-order valence-corrected chi connectivity index (χ1v) is 6.85. The monoisotopic (exact) mass is 287 g/mol. The molecule has 2 rings (SSSR count). The summed E-state index contributed by atoms with van der Waals surface area (Å²) in [6.45, 7) is 2.58. The van der Waals surface area contributed by atoms with E-state index < -0.39 is 0 Å². The van der Waals surface area contributed by atoms with Gasteiger partial charge in [-0.25, -0.2) is 4.99 Å². The summed E-state index contributed by atoms with van der Waals surface area (Å²) >= 11 is 0. The molecule has 0 unspecified atom stereocenters. The first kappa shape index (κ1) is 14.9. The summed E-state index contributed by atoms with van der Waals surface area (Å²) < 4.78 is 7.06. The van der Waals surface area contributed by atoms with Gasteiger partial charge in [0.25, 0.3) is 0 Å². The van der Waals surface area contributed by atoms with Crippen molar-refractivity contribution in [2.75, 3.05) is 12.4 Å². The Labute approximate surface area is 124 Å². The van der Waals surface area contributed by atoms with Crippen molar-refractivity contribution in [1.29, 1.82) is 0 Å². The standard InChI is InChI=1S/C15H21N5O/c1-4-12-11(10-20(2)19-12)9-17-15(16)18-13-7-5-6-8-14(13)21-3/h5-8,10H,4,9H2,1-3H3,(H3,16,17,18). The van der Waals surface area contributed by atoms with E-state index in [4.69, 9.17) is 10.5 Å². The van der Waals surface area contributed by atoms with Gasteiger partial charge in [0, 0.05) is 18.8 Å². The van der Waals surface area contributed by atoms with E-state index in [2.05, 4.69) is 22.3 Å². The molecule has 0 radical (unpaired) electrons. The molecule has 1 heterocycles. The molecule has 0 atom stereocenters. The minimum Gasteiger partial charge on any atom is -0.495 e. The van der Waals surface area contributed by atoms with Crippen LogP contribution >= 0.6 is 0 Å². The number of aryl methyl sites for hydroxylation is 2. The summed E-state index contributed by atoms with van der Waals surface area (Å²) in [6.07, 6.45) is 2.85. The zero-order valence-corrected chi connectivity index (χ0v) is 12.6. The van der Waals surface area contributed by atoms with Gasteiger partial charge in [-0.3, -0.25) is 4.68 Å². The van der Waals surface area contributed by atoms with E-state index in [1.54, 1.807) is 11.8 Å². The summed E-state index contributed by atoms with van der Waals surface area (Å²) in [4.78, 5) is 4.36. The summed E-state index contributed by atoms with van der Waals surface area (Å²) in [6, 6.07) is 7.57. The summed E-state index contributed by atoms with van der Waals surface area (Å²) in [5.41, 5.74) is 8.86. The van der Waals surface area contributed by atoms with E-state index in [1.165, 1.54) is 0 Å². The van der Waals surface area contributed by atoms with Crippen LogP contribution in [0.2, 0.25) is 0 Å². The maximum Gasteiger partial charge on any atom is 0.193 e. The minimum atomic E-state index is 0.352. The highest BCUT2D eigenvalue weighted by Crippen LogP contribution is 2.22. The topological polar surface area (TPSA) is 77.5 Å². The van der Waals surface area contributed by atoms with Crippen LogP contribution < -0.4 is 15.8 Å². The number of methoxy groups -OCH3 is 1. The smallest absolute Gasteiger partial charge is 0.193 e. The van der Waals surface area contributed by atoms with E-state index >= 15 is 0 Å². The summed E-state index contributed by atoms with van der Waals surface area (Å²) in [7, 11) is 3.53. The van der Waals surface area contributed by atoms with E-state index in [9.17, 15) is 0 Å². The van der Waals surface area contributed by atoms with Gasteiger partial charge in [0.2, 0.25) is 0 Å². The SMILES string of the molecule is CCc1nn(C)cc1CN=C(N)Nc1ccccc1OC. The first-order valence-electron chi connectivity index (χ1n) is 6.85. The molecule has 1 aromatic heterocycles. The molecule has 1 aromatic carbocycles. The maximum absolute atomic E-state index is 5.93. The Kier molecular flexibility index (Phi) is 4.81. The second-order valence-corrected chi connectivity index (χ2v) is 4.66. The highest BCUT2D eigenvalue weighted by atomic mass is 16.5. The predicted octanol–water partition coefficient (Wildman–Crippen LogP) is 1.92. The van der Waals surface area contributed by atoms with Crippen LogP contribution in [-0.2, 0) is 20.0 Å². The number of hydrogen-bond acceptors (Lipinski definition) is 3. The van der Waals surface area contributed by atoms with Crippen LogP contribution in [0.25, 0.3) is 0 Å². The quantitative estimate of drug-likeness (QED) is 0.650. The number of anilines is 1. The number of ether oxygens (including phenoxy) is 1. The third-order valence-electron chi connectivity index (χ3n) is 3.12. The van der Waals surface area contributed by atoms with Crippen molar-refractivity contribution in [3.63, 3.8) is 0 Å². The van der Waals surface area contributed by atoms with Crippen molar-refractivity contribution in [3.8, 4) is 5.75 Å². The minimum absolute atomic E-state index is 0.352. The van der Waals surface area contributed by atoms with Gasteiger partial charge in [-0.1, -0.05) is 19.1 Å². The fourth-order valence-electron chi connectivity index (χ4n) is 2.11. The second-order valence-electron chi connectivity index (χ2n) is 4.66. The van der Waals surface area contributed by atoms with E-state index in [-0.39, 0.29) is 0 Å². The molecule has 0 saturated carbocycles. The van der Waals surface area contributed by atoms with Crippen LogP contribution in [0.5, 0.6) is 5.75 Å². The first-order chi connectivity index (χ1) is 10.1. The lowest BCUT2D eigenvalue weighted by Gasteiger charge is -2.10. The fraction of sp³-hybridized carbons (Fsp3) is 0.333. The number of nitrogens with two attached hydrogens (primary N) is 1. The highest BCUT2D eigenvalue weighted by Gasteiger charge is 2.06. The van der Waals surface area contributed by atoms with Crippen LogP contribution in [0.3, 0.4) is 0 Å². The van der Waals surface area contributed by atoms with Gasteiger partial charge in [-0.05, 0) is 18.6 Å². The molecule has 0 spiro atoms. The van der Waals surface area contributed by atoms with Gasteiger partial charge in [-0.2, -0.15) is 5.10 Å². The Hall–Kier alpha value is -2.50. The van der Waals surface area contributed by atoms with Gasteiger partial charge in [0.1, 0.15) is 5.75 Å². The number of guanidine groups is 1. The van der Waals surface area contributed by atoms with Crippen LogP contribution in [0, 0.1) is 0 Å². The zero-order valence-electron chi connectivity index (χ0n) is 12.6. The third kappa shape index (κ3) is 3.75. The number of nitrogens with one attached hydrogen (secondary N) is 1. The van der Waals surface area contributed by atoms with Crippen molar-refractivity contribution in [2.45, 2.75) is 19.9 Å². The molecule has 0 amide bonds. The van der Waals surface area contributed by atoms with Gasteiger partial charge < -0.3 is 15.8 Å². The van der Waals surface area contributed by atoms with Gasteiger partial charge in [0.05, 0.1) is 25.0 Å². The Balaban J connectivity index is 2.07. The summed E-state index contributed by atoms with van der Waals surface area (Å²) in [5, 5.41) is 7.44. The number of aliphatic imine (C=N–C) groups is 1. The van der Waals surface area contributed by atoms with E-state index in [0.29, 0.717) is 12.5 Å². The number of benzene rings is 1. The molecule has 0 saturated heterocycles. The number of rotatable bonds is 5. The zero-order chi connectivity index (χ0) is 15.2. The lowest BCUT2D eigenvalue weighted by molar-refractivity contribution is 0.417. The fourth-order valence-corrected chi connectivity index (χ4v) is 2.11.